The Morgan fingerprint density at radius 1 is 0.574 bits per heavy atom. The summed E-state index contributed by atoms with van der Waals surface area (Å²) in [6.45, 7) is 13.5. The quantitative estimate of drug-likeness (QED) is 0.101. The minimum atomic E-state index is -4.75. The highest BCUT2D eigenvalue weighted by Crippen LogP contribution is 2.48. The van der Waals surface area contributed by atoms with Gasteiger partial charge in [0.25, 0.3) is 0 Å². The average molecular weight is 951 g/mol. The van der Waals surface area contributed by atoms with Crippen molar-refractivity contribution in [3.63, 3.8) is 0 Å². The molecule has 0 radical (unpaired) electrons. The second-order valence-corrected chi connectivity index (χ2v) is 19.5. The number of fused-ring (bicyclic) bond motifs is 2. The minimum absolute atomic E-state index is 0.131. The van der Waals surface area contributed by atoms with Crippen LogP contribution >= 0.6 is 0 Å². The van der Waals surface area contributed by atoms with Crippen molar-refractivity contribution < 1.29 is 54.9 Å². The number of ether oxygens (including phenoxy) is 4. The van der Waals surface area contributed by atoms with E-state index in [9.17, 15) is 35.9 Å². The van der Waals surface area contributed by atoms with Crippen LogP contribution in [0.3, 0.4) is 0 Å². The highest BCUT2D eigenvalue weighted by Gasteiger charge is 2.37. The van der Waals surface area contributed by atoms with E-state index in [1.54, 1.807) is 36.4 Å². The molecule has 0 unspecified atom stereocenters. The Kier molecular flexibility index (Phi) is 14.0. The van der Waals surface area contributed by atoms with Crippen LogP contribution in [0.1, 0.15) is 113 Å². The smallest absolute Gasteiger partial charge is 0.465 e. The lowest BCUT2D eigenvalue weighted by Crippen LogP contribution is -2.29. The van der Waals surface area contributed by atoms with Crippen molar-refractivity contribution >= 4 is 57.3 Å². The zero-order chi connectivity index (χ0) is 49.3. The number of benzene rings is 4. The van der Waals surface area contributed by atoms with E-state index >= 15 is 0 Å². The molecule has 2 saturated carbocycles. The predicted molar refractivity (Wildman–Crippen MR) is 247 cm³/mol. The van der Waals surface area contributed by atoms with Crippen LogP contribution in [0.15, 0.2) is 84.9 Å². The molecule has 0 spiro atoms. The van der Waals surface area contributed by atoms with Crippen LogP contribution in [0, 0.1) is 22.7 Å². The predicted octanol–water partition coefficient (Wildman–Crippen LogP) is 13.7. The number of alkyl halides is 6. The second-order valence-electron chi connectivity index (χ2n) is 19.5. The van der Waals surface area contributed by atoms with Gasteiger partial charge < -0.3 is 38.7 Å². The molecule has 4 aromatic carbocycles. The minimum Gasteiger partial charge on any atom is -0.465 e. The molecule has 0 saturated heterocycles. The van der Waals surface area contributed by atoms with Gasteiger partial charge in [0.05, 0.1) is 47.4 Å². The zero-order valence-electron chi connectivity index (χ0n) is 39.1. The normalized spacial score (nSPS) is 20.2. The molecule has 0 amide bonds. The molecule has 2 fully saturated rings. The van der Waals surface area contributed by atoms with Gasteiger partial charge in [0, 0.05) is 23.5 Å². The molecular weight excluding hydrogens is 895 g/mol. The maximum atomic E-state index is 12.5. The van der Waals surface area contributed by atoms with Crippen molar-refractivity contribution in [1.29, 1.82) is 0 Å². The van der Waals surface area contributed by atoms with Crippen molar-refractivity contribution in [2.45, 2.75) is 105 Å². The van der Waals surface area contributed by atoms with E-state index in [2.05, 4.69) is 70.8 Å². The van der Waals surface area contributed by atoms with Crippen LogP contribution in [-0.4, -0.2) is 58.0 Å². The average Bonchev–Trinajstić information content (AvgIpc) is 3.78. The first-order chi connectivity index (χ1) is 31.9. The van der Waals surface area contributed by atoms with Crippen LogP contribution in [0.2, 0.25) is 0 Å². The summed E-state index contributed by atoms with van der Waals surface area (Å²) < 4.78 is 96.9. The largest absolute Gasteiger partial charge is 0.573 e. The number of nitrogens with one attached hydrogen (secondary N) is 2. The number of imidazole rings is 2. The fraction of sp³-hybridized carbons (Fsp3) is 0.440. The number of esters is 2. The first-order valence-electron chi connectivity index (χ1n) is 22.3. The SMILES string of the molecule is COC(=O)c1ccc2nc(Nc3ccc(OC(F)(F)F)cc3)n([C@@H]3C[C@@H](C)CC(C)(C)C3)c2c1.COC(=O)c1ccc2nc(Nc3ccc(OC(F)(F)F)cc3)n([C@H]3C[C@H](C)CC(C)(C)C3)c2c1. The summed E-state index contributed by atoms with van der Waals surface area (Å²) in [5.74, 6) is 0.689. The Morgan fingerprint density at radius 3 is 1.24 bits per heavy atom. The molecule has 0 aliphatic heterocycles. The molecule has 2 aliphatic rings. The topological polar surface area (TPSA) is 131 Å². The van der Waals surface area contributed by atoms with Crippen molar-refractivity contribution in [2.75, 3.05) is 24.9 Å². The second kappa shape index (κ2) is 19.3. The first-order valence-corrected chi connectivity index (χ1v) is 22.3. The molecule has 4 atom stereocenters. The monoisotopic (exact) mass is 950 g/mol. The Bertz CT molecular complexity index is 2560. The van der Waals surface area contributed by atoms with Crippen molar-refractivity contribution in [2.24, 2.45) is 22.7 Å². The fourth-order valence-electron chi connectivity index (χ4n) is 10.3. The van der Waals surface area contributed by atoms with Gasteiger partial charge in [-0.1, -0.05) is 41.5 Å². The standard InChI is InChI=1S/2C25H28F3N3O3/c2*1-15-11-18(14-24(2,3)13-15)31-21-12-16(22(32)33-4)5-10-20(21)30-23(31)29-17-6-8-19(9-7-17)34-25(26,27)28/h2*5-10,12,15,18H,11,13-14H2,1-4H3,(H,29,30)/t2*15-,18-/m10/s1. The van der Waals surface area contributed by atoms with E-state index in [1.807, 2.05) is 0 Å². The number of hydrogen-bond acceptors (Lipinski definition) is 10. The number of halogens is 6. The van der Waals surface area contributed by atoms with Gasteiger partial charge in [-0.3, -0.25) is 0 Å². The van der Waals surface area contributed by atoms with Crippen LogP contribution < -0.4 is 20.1 Å². The first kappa shape index (κ1) is 49.4. The van der Waals surface area contributed by atoms with Crippen molar-refractivity contribution in [3.05, 3.63) is 96.1 Å². The van der Waals surface area contributed by atoms with Crippen LogP contribution in [0.25, 0.3) is 22.1 Å². The number of rotatable bonds is 10. The van der Waals surface area contributed by atoms with Crippen molar-refractivity contribution in [1.82, 2.24) is 19.1 Å². The summed E-state index contributed by atoms with van der Waals surface area (Å²) in [7, 11) is 2.68. The van der Waals surface area contributed by atoms with Gasteiger partial charge in [-0.25, -0.2) is 19.6 Å². The molecule has 2 N–H and O–H groups in total. The van der Waals surface area contributed by atoms with Gasteiger partial charge in [-0.2, -0.15) is 0 Å². The third-order valence-electron chi connectivity index (χ3n) is 12.4. The number of nitrogens with zero attached hydrogens (tertiary/aromatic N) is 4. The third kappa shape index (κ3) is 12.2. The Hall–Kier alpha value is -6.46. The van der Waals surface area contributed by atoms with Gasteiger partial charge in [0.15, 0.2) is 0 Å². The van der Waals surface area contributed by atoms with Crippen LogP contribution in [0.5, 0.6) is 11.5 Å². The van der Waals surface area contributed by atoms with Gasteiger partial charge in [0.2, 0.25) is 11.9 Å². The van der Waals surface area contributed by atoms with Gasteiger partial charge >= 0.3 is 24.7 Å². The lowest BCUT2D eigenvalue weighted by molar-refractivity contribution is -0.275. The maximum Gasteiger partial charge on any atom is 0.573 e. The molecule has 18 heteroatoms. The van der Waals surface area contributed by atoms with Gasteiger partial charge in [0.1, 0.15) is 11.5 Å². The molecule has 2 heterocycles. The van der Waals surface area contributed by atoms with Crippen LogP contribution in [0.4, 0.5) is 49.6 Å². The number of hydrogen-bond donors (Lipinski definition) is 2. The van der Waals surface area contributed by atoms with Crippen molar-refractivity contribution in [3.8, 4) is 11.5 Å². The molecule has 364 valence electrons. The molecule has 0 bridgehead atoms. The molecular formula is C50H56F6N6O6. The lowest BCUT2D eigenvalue weighted by Gasteiger charge is -2.40. The van der Waals surface area contributed by atoms with E-state index in [0.29, 0.717) is 57.3 Å². The zero-order valence-corrected chi connectivity index (χ0v) is 39.1. The van der Waals surface area contributed by atoms with E-state index < -0.39 is 24.7 Å². The fourth-order valence-corrected chi connectivity index (χ4v) is 10.3. The summed E-state index contributed by atoms with van der Waals surface area (Å²) in [6.07, 6.45) is -3.50. The highest BCUT2D eigenvalue weighted by atomic mass is 19.4. The number of carbonyl (C=O) groups is 2. The number of aromatic nitrogens is 4. The highest BCUT2D eigenvalue weighted by molar-refractivity contribution is 5.95. The van der Waals surface area contributed by atoms with E-state index in [-0.39, 0.29) is 34.4 Å². The Morgan fingerprint density at radius 2 is 0.926 bits per heavy atom. The number of methoxy groups -OCH3 is 2. The lowest BCUT2D eigenvalue weighted by atomic mass is 9.70. The summed E-state index contributed by atoms with van der Waals surface area (Å²) in [5, 5.41) is 6.51. The maximum absolute atomic E-state index is 12.5. The number of anilines is 4. The van der Waals surface area contributed by atoms with Gasteiger partial charge in [-0.05, 0) is 146 Å². The Labute approximate surface area is 390 Å². The number of carbonyl (C=O) groups excluding carboxylic acids is 2. The molecule has 2 aliphatic carbocycles. The third-order valence-corrected chi connectivity index (χ3v) is 12.4. The molecule has 6 aromatic rings. The summed E-state index contributed by atoms with van der Waals surface area (Å²) in [4.78, 5) is 33.8. The molecule has 68 heavy (non-hydrogen) atoms. The molecule has 2 aromatic heterocycles. The summed E-state index contributed by atoms with van der Waals surface area (Å²) in [6, 6.07) is 21.8. The van der Waals surface area contributed by atoms with Crippen LogP contribution in [-0.2, 0) is 9.47 Å². The van der Waals surface area contributed by atoms with E-state index in [0.717, 1.165) is 49.6 Å². The van der Waals surface area contributed by atoms with E-state index in [4.69, 9.17) is 19.4 Å². The van der Waals surface area contributed by atoms with E-state index in [1.165, 1.54) is 62.8 Å². The van der Waals surface area contributed by atoms with Gasteiger partial charge in [-0.15, -0.1) is 26.3 Å². The Balaban J connectivity index is 0.000000201. The molecule has 12 nitrogen and oxygen atoms in total. The summed E-state index contributed by atoms with van der Waals surface area (Å²) in [5.41, 5.74) is 5.30. The summed E-state index contributed by atoms with van der Waals surface area (Å²) >= 11 is 0. The molecule has 8 rings (SSSR count).